The van der Waals surface area contributed by atoms with Crippen molar-refractivity contribution in [2.45, 2.75) is 0 Å². The number of carbonyl (C=O) groups is 2. The van der Waals surface area contributed by atoms with E-state index in [1.807, 2.05) is 0 Å². The molecule has 124 valence electrons. The van der Waals surface area contributed by atoms with Crippen LogP contribution in [-0.2, 0) is 0 Å². The van der Waals surface area contributed by atoms with Gasteiger partial charge in [0.1, 0.15) is 0 Å². The van der Waals surface area contributed by atoms with Gasteiger partial charge in [-0.3, -0.25) is 14.6 Å². The Hall–Kier alpha value is -2.77. The number of nitrogens with one attached hydrogen (secondary N) is 2. The Labute approximate surface area is 150 Å². The van der Waals surface area contributed by atoms with Gasteiger partial charge in [-0.15, -0.1) is 0 Å². The molecule has 0 bridgehead atoms. The second-order valence-electron chi connectivity index (χ2n) is 4.78. The van der Waals surface area contributed by atoms with Crippen molar-refractivity contribution in [1.29, 1.82) is 0 Å². The van der Waals surface area contributed by atoms with E-state index in [0.717, 1.165) is 18.3 Å². The SMILES string of the molecule is [2H]C([2H])(N)C([2H])([2H])Nc1ccc(NC([2H])([2H])C([2H])([2H])N)c2c1C(=O)c1ccncc1C2=O. The molecule has 0 amide bonds. The lowest BCUT2D eigenvalue weighted by Gasteiger charge is -2.23. The van der Waals surface area contributed by atoms with E-state index in [2.05, 4.69) is 15.6 Å². The standard InChI is InChI=1S/C17H19N5O2/c18-4-7-21-12-1-2-13(22-8-5-19)15-14(12)16(23)10-3-6-20-9-11(10)17(15)24/h1-3,6,9,21-22H,4-5,7-8,18-19H2/i4D2,5D2,7D2,8D2. The van der Waals surface area contributed by atoms with Gasteiger partial charge in [0.2, 0.25) is 0 Å². The molecule has 0 saturated heterocycles. The zero-order valence-electron chi connectivity index (χ0n) is 20.3. The fourth-order valence-electron chi connectivity index (χ4n) is 2.53. The van der Waals surface area contributed by atoms with Crippen LogP contribution in [-0.4, -0.2) is 42.5 Å². The predicted octanol–water partition coefficient (Wildman–Crippen LogP) is 0.598. The summed E-state index contributed by atoms with van der Waals surface area (Å²) in [5.41, 5.74) is 9.12. The molecular formula is C17H19N5O2. The number of benzene rings is 1. The molecule has 0 aliphatic heterocycles. The molecule has 24 heavy (non-hydrogen) atoms. The molecule has 7 nitrogen and oxygen atoms in total. The summed E-state index contributed by atoms with van der Waals surface area (Å²) in [6.07, 6.45) is 2.43. The summed E-state index contributed by atoms with van der Waals surface area (Å²) in [5.74, 6) is -1.48. The molecule has 0 atom stereocenters. The van der Waals surface area contributed by atoms with Gasteiger partial charge in [-0.1, -0.05) is 0 Å². The quantitative estimate of drug-likeness (QED) is 0.521. The van der Waals surface area contributed by atoms with Crippen LogP contribution in [0.2, 0.25) is 0 Å². The van der Waals surface area contributed by atoms with Crippen LogP contribution >= 0.6 is 0 Å². The fraction of sp³-hybridized carbons (Fsp3) is 0.235. The lowest BCUT2D eigenvalue weighted by atomic mass is 9.83. The van der Waals surface area contributed by atoms with E-state index >= 15 is 0 Å². The molecule has 1 aromatic heterocycles. The first kappa shape index (κ1) is 8.91. The first-order chi connectivity index (χ1) is 14.5. The summed E-state index contributed by atoms with van der Waals surface area (Å²) in [5, 5.41) is 4.42. The Balaban J connectivity index is 2.25. The van der Waals surface area contributed by atoms with Crippen molar-refractivity contribution in [3.8, 4) is 0 Å². The minimum atomic E-state index is -2.87. The number of hydrogen-bond acceptors (Lipinski definition) is 7. The van der Waals surface area contributed by atoms with Crippen molar-refractivity contribution in [2.24, 2.45) is 11.5 Å². The zero-order valence-corrected chi connectivity index (χ0v) is 12.3. The summed E-state index contributed by atoms with van der Waals surface area (Å²) >= 11 is 0. The number of nitrogens with zero attached hydrogens (tertiary/aromatic N) is 1. The van der Waals surface area contributed by atoms with Gasteiger partial charge in [-0.05, 0) is 18.2 Å². The first-order valence-electron chi connectivity index (χ1n) is 10.8. The van der Waals surface area contributed by atoms with Crippen molar-refractivity contribution in [3.63, 3.8) is 0 Å². The van der Waals surface area contributed by atoms with Crippen molar-refractivity contribution in [3.05, 3.63) is 52.8 Å². The van der Waals surface area contributed by atoms with Crippen LogP contribution in [0.15, 0.2) is 30.6 Å². The molecule has 0 spiro atoms. The Bertz CT molecular complexity index is 1030. The van der Waals surface area contributed by atoms with Crippen molar-refractivity contribution in [1.82, 2.24) is 4.98 Å². The summed E-state index contributed by atoms with van der Waals surface area (Å²) < 4.78 is 61.5. The van der Waals surface area contributed by atoms with E-state index in [0.29, 0.717) is 0 Å². The van der Waals surface area contributed by atoms with Gasteiger partial charge >= 0.3 is 0 Å². The lowest BCUT2D eigenvalue weighted by Crippen LogP contribution is -2.26. The van der Waals surface area contributed by atoms with E-state index < -0.39 is 37.6 Å². The molecule has 1 aromatic carbocycles. The number of aromatic nitrogens is 1. The normalized spacial score (nSPS) is 19.9. The second-order valence-corrected chi connectivity index (χ2v) is 4.78. The minimum Gasteiger partial charge on any atom is -0.383 e. The zero-order chi connectivity index (χ0) is 24.3. The van der Waals surface area contributed by atoms with E-state index in [9.17, 15) is 9.59 Å². The maximum absolute atomic E-state index is 13.2. The van der Waals surface area contributed by atoms with Gasteiger partial charge in [-0.25, -0.2) is 0 Å². The molecular weight excluding hydrogens is 306 g/mol. The van der Waals surface area contributed by atoms with Crippen LogP contribution in [0, 0.1) is 0 Å². The van der Waals surface area contributed by atoms with Crippen LogP contribution in [0.3, 0.4) is 0 Å². The van der Waals surface area contributed by atoms with Gasteiger partial charge in [0.15, 0.2) is 11.6 Å². The van der Waals surface area contributed by atoms with Crippen molar-refractivity contribution < 1.29 is 20.6 Å². The average Bonchev–Trinajstić information content (AvgIpc) is 2.65. The number of ketones is 2. The average molecular weight is 333 g/mol. The van der Waals surface area contributed by atoms with Crippen LogP contribution in [0.4, 0.5) is 11.4 Å². The molecule has 1 heterocycles. The Morgan fingerprint density at radius 2 is 1.46 bits per heavy atom. The van der Waals surface area contributed by atoms with E-state index in [4.69, 9.17) is 22.4 Å². The summed E-state index contributed by atoms with van der Waals surface area (Å²) in [7, 11) is 0. The largest absolute Gasteiger partial charge is 0.383 e. The smallest absolute Gasteiger partial charge is 0.198 e. The van der Waals surface area contributed by atoms with Crippen LogP contribution < -0.4 is 22.1 Å². The highest BCUT2D eigenvalue weighted by Gasteiger charge is 2.34. The summed E-state index contributed by atoms with van der Waals surface area (Å²) in [6, 6.07) is 3.54. The molecule has 0 saturated carbocycles. The number of anilines is 2. The third-order valence-corrected chi connectivity index (χ3v) is 3.51. The lowest BCUT2D eigenvalue weighted by molar-refractivity contribution is 0.0980. The summed E-state index contributed by atoms with van der Waals surface area (Å²) in [6.45, 7) is -11.5. The van der Waals surface area contributed by atoms with Gasteiger partial charge < -0.3 is 22.1 Å². The number of hydrogen-bond donors (Lipinski definition) is 4. The highest BCUT2D eigenvalue weighted by atomic mass is 16.1. The highest BCUT2D eigenvalue weighted by molar-refractivity contribution is 6.31. The molecule has 2 aromatic rings. The van der Waals surface area contributed by atoms with Crippen LogP contribution in [0.25, 0.3) is 0 Å². The number of fused-ring (bicyclic) bond motifs is 2. The molecule has 1 aliphatic rings. The Morgan fingerprint density at radius 1 is 0.917 bits per heavy atom. The van der Waals surface area contributed by atoms with E-state index in [-0.39, 0.29) is 33.6 Å². The fourth-order valence-corrected chi connectivity index (χ4v) is 2.53. The highest BCUT2D eigenvalue weighted by Crippen LogP contribution is 2.36. The predicted molar refractivity (Wildman–Crippen MR) is 92.6 cm³/mol. The van der Waals surface area contributed by atoms with Crippen molar-refractivity contribution in [2.75, 3.05) is 36.6 Å². The monoisotopic (exact) mass is 333 g/mol. The van der Waals surface area contributed by atoms with E-state index in [1.165, 1.54) is 12.3 Å². The van der Waals surface area contributed by atoms with Crippen molar-refractivity contribution >= 4 is 22.9 Å². The van der Waals surface area contributed by atoms with Gasteiger partial charge in [0.25, 0.3) is 0 Å². The van der Waals surface area contributed by atoms with E-state index in [1.54, 1.807) is 0 Å². The molecule has 0 unspecified atom stereocenters. The molecule has 6 N–H and O–H groups in total. The third kappa shape index (κ3) is 2.64. The number of pyridine rings is 1. The molecule has 1 aliphatic carbocycles. The molecule has 0 fully saturated rings. The molecule has 7 heteroatoms. The Morgan fingerprint density at radius 3 is 2.00 bits per heavy atom. The topological polar surface area (TPSA) is 123 Å². The van der Waals surface area contributed by atoms with Gasteiger partial charge in [0, 0.05) is 60.8 Å². The number of rotatable bonds is 6. The summed E-state index contributed by atoms with van der Waals surface area (Å²) in [4.78, 5) is 30.3. The second kappa shape index (κ2) is 6.77. The Kier molecular flexibility index (Phi) is 2.51. The van der Waals surface area contributed by atoms with Crippen LogP contribution in [0.1, 0.15) is 42.8 Å². The first-order valence-corrected chi connectivity index (χ1v) is 6.82. The van der Waals surface area contributed by atoms with Gasteiger partial charge in [0.05, 0.1) is 22.2 Å². The maximum Gasteiger partial charge on any atom is 0.198 e. The van der Waals surface area contributed by atoms with Gasteiger partial charge in [-0.2, -0.15) is 0 Å². The molecule has 0 radical (unpaired) electrons. The maximum atomic E-state index is 13.2. The minimum absolute atomic E-state index is 0.0359. The number of nitrogens with two attached hydrogens (primary N) is 2. The molecule has 3 rings (SSSR count). The third-order valence-electron chi connectivity index (χ3n) is 3.51. The number of carbonyl (C=O) groups excluding carboxylic acids is 2. The van der Waals surface area contributed by atoms with Crippen LogP contribution in [0.5, 0.6) is 0 Å².